The molecule has 0 aliphatic rings. The Morgan fingerprint density at radius 1 is 0.767 bits per heavy atom. The van der Waals surface area contributed by atoms with Gasteiger partial charge in [0.1, 0.15) is 0 Å². The average molecular weight is 418 g/mol. The van der Waals surface area contributed by atoms with Crippen LogP contribution in [0.2, 0.25) is 0 Å². The molecule has 0 aliphatic carbocycles. The number of carboxylic acids is 2. The molecule has 0 aromatic heterocycles. The summed E-state index contributed by atoms with van der Waals surface area (Å²) in [5.74, 6) is -1.70. The van der Waals surface area contributed by atoms with Gasteiger partial charge in [-0.2, -0.15) is 0 Å². The summed E-state index contributed by atoms with van der Waals surface area (Å²) in [7, 11) is 0. The van der Waals surface area contributed by atoms with Crippen molar-refractivity contribution in [1.29, 1.82) is 0 Å². The molecular weight excluding hydrogens is 396 g/mol. The number of carboxylic acid groups (broad SMARTS) is 2. The molecule has 0 saturated heterocycles. The van der Waals surface area contributed by atoms with Gasteiger partial charge >= 0.3 is 11.9 Å². The Balaban J connectivity index is 0.000000300. The minimum Gasteiger partial charge on any atom is -0.481 e. The highest BCUT2D eigenvalue weighted by Crippen LogP contribution is 2.19. The van der Waals surface area contributed by atoms with Gasteiger partial charge < -0.3 is 10.2 Å². The second kappa shape index (κ2) is 12.6. The van der Waals surface area contributed by atoms with Crippen LogP contribution < -0.4 is 0 Å². The van der Waals surface area contributed by atoms with Gasteiger partial charge in [-0.25, -0.2) is 0 Å². The third-order valence-electron chi connectivity index (χ3n) is 4.03. The van der Waals surface area contributed by atoms with Gasteiger partial charge in [0.25, 0.3) is 11.4 Å². The molecule has 2 N–H and O–H groups in total. The Kier molecular flexibility index (Phi) is 10.2. The second-order valence-corrected chi connectivity index (χ2v) is 6.30. The Hall–Kier alpha value is -3.82. The summed E-state index contributed by atoms with van der Waals surface area (Å²) in [6.07, 6.45) is 2.17. The van der Waals surface area contributed by atoms with E-state index in [2.05, 4.69) is 0 Å². The lowest BCUT2D eigenvalue weighted by Crippen LogP contribution is -1.98. The summed E-state index contributed by atoms with van der Waals surface area (Å²) in [5, 5.41) is 37.8. The number of benzene rings is 2. The average Bonchev–Trinajstić information content (AvgIpc) is 2.68. The van der Waals surface area contributed by atoms with Crippen molar-refractivity contribution in [3.63, 3.8) is 0 Å². The van der Waals surface area contributed by atoms with E-state index in [1.807, 2.05) is 0 Å². The molecule has 2 aromatic rings. The summed E-state index contributed by atoms with van der Waals surface area (Å²) in [6, 6.07) is 12.5. The molecule has 0 bridgehead atoms. The van der Waals surface area contributed by atoms with Crippen molar-refractivity contribution in [1.82, 2.24) is 0 Å². The zero-order chi connectivity index (χ0) is 22.5. The lowest BCUT2D eigenvalue weighted by Gasteiger charge is -2.00. The van der Waals surface area contributed by atoms with Crippen LogP contribution in [-0.4, -0.2) is 32.0 Å². The summed E-state index contributed by atoms with van der Waals surface area (Å²) < 4.78 is 0. The molecular formula is C20H22N2O8. The van der Waals surface area contributed by atoms with Gasteiger partial charge in [0.2, 0.25) is 0 Å². The number of non-ortho nitro benzene ring substituents is 1. The third-order valence-corrected chi connectivity index (χ3v) is 4.03. The smallest absolute Gasteiger partial charge is 0.303 e. The first kappa shape index (κ1) is 24.2. The maximum Gasteiger partial charge on any atom is 0.303 e. The summed E-state index contributed by atoms with van der Waals surface area (Å²) in [6.45, 7) is 0. The Bertz CT molecular complexity index is 881. The maximum atomic E-state index is 10.6. The molecule has 10 nitrogen and oxygen atoms in total. The number of hydrogen-bond donors (Lipinski definition) is 2. The molecule has 0 heterocycles. The van der Waals surface area contributed by atoms with Crippen LogP contribution in [0.4, 0.5) is 11.4 Å². The molecule has 0 spiro atoms. The number of aryl methyl sites for hydroxylation is 2. The minimum atomic E-state index is -0.881. The van der Waals surface area contributed by atoms with Crippen LogP contribution in [0.5, 0.6) is 0 Å². The van der Waals surface area contributed by atoms with Crippen LogP contribution in [-0.2, 0) is 22.4 Å². The van der Waals surface area contributed by atoms with Crippen molar-refractivity contribution in [2.24, 2.45) is 0 Å². The van der Waals surface area contributed by atoms with Crippen molar-refractivity contribution < 1.29 is 29.6 Å². The molecule has 10 heteroatoms. The molecule has 0 radical (unpaired) electrons. The lowest BCUT2D eigenvalue weighted by molar-refractivity contribution is -0.385. The highest BCUT2D eigenvalue weighted by molar-refractivity contribution is 5.67. The van der Waals surface area contributed by atoms with Gasteiger partial charge in [0.05, 0.1) is 9.85 Å². The van der Waals surface area contributed by atoms with Gasteiger partial charge in [-0.05, 0) is 31.2 Å². The number of nitrogens with zero attached hydrogens (tertiary/aromatic N) is 2. The molecule has 2 aromatic carbocycles. The first-order valence-electron chi connectivity index (χ1n) is 9.10. The number of nitro benzene ring substituents is 2. The third kappa shape index (κ3) is 9.40. The highest BCUT2D eigenvalue weighted by Gasteiger charge is 2.11. The number of hydrogen-bond acceptors (Lipinski definition) is 6. The SMILES string of the molecule is O=C(O)CCCc1ccc([N+](=O)[O-])cc1.O=C(O)CCCc1ccccc1[N+](=O)[O-]. The molecule has 2 rings (SSSR count). The van der Waals surface area contributed by atoms with E-state index in [4.69, 9.17) is 10.2 Å². The van der Waals surface area contributed by atoms with Crippen LogP contribution in [0.15, 0.2) is 48.5 Å². The first-order valence-corrected chi connectivity index (χ1v) is 9.10. The van der Waals surface area contributed by atoms with Gasteiger partial charge in [-0.15, -0.1) is 0 Å². The largest absolute Gasteiger partial charge is 0.481 e. The van der Waals surface area contributed by atoms with Gasteiger partial charge in [0, 0.05) is 36.6 Å². The van der Waals surface area contributed by atoms with E-state index in [0.717, 1.165) is 5.56 Å². The Labute approximate surface area is 172 Å². The van der Waals surface area contributed by atoms with E-state index in [1.165, 1.54) is 18.2 Å². The standard InChI is InChI=1S/2C10H11NO4/c12-10(13)7-3-5-8-4-1-2-6-9(8)11(14)15;12-10(13)3-1-2-8-4-6-9(7-5-8)11(14)15/h1-2,4,6H,3,5,7H2,(H,12,13);4-7H,1-3H2,(H,12,13). The Morgan fingerprint density at radius 2 is 1.30 bits per heavy atom. The molecule has 0 unspecified atom stereocenters. The molecule has 0 amide bonds. The number of carbonyl (C=O) groups is 2. The van der Waals surface area contributed by atoms with Gasteiger partial charge in [0.15, 0.2) is 0 Å². The quantitative estimate of drug-likeness (QED) is 0.432. The molecule has 0 fully saturated rings. The monoisotopic (exact) mass is 418 g/mol. The van der Waals surface area contributed by atoms with E-state index in [1.54, 1.807) is 30.3 Å². The van der Waals surface area contributed by atoms with Crippen LogP contribution in [0.25, 0.3) is 0 Å². The minimum absolute atomic E-state index is 0.0338. The topological polar surface area (TPSA) is 161 Å². The number of aliphatic carboxylic acids is 2. The number of rotatable bonds is 10. The summed E-state index contributed by atoms with van der Waals surface area (Å²) in [4.78, 5) is 40.6. The van der Waals surface area contributed by atoms with Crippen molar-refractivity contribution in [3.8, 4) is 0 Å². The summed E-state index contributed by atoms with van der Waals surface area (Å²) >= 11 is 0. The summed E-state index contributed by atoms with van der Waals surface area (Å²) in [5.41, 5.74) is 1.62. The van der Waals surface area contributed by atoms with E-state index >= 15 is 0 Å². The van der Waals surface area contributed by atoms with Crippen molar-refractivity contribution >= 4 is 23.3 Å². The second-order valence-electron chi connectivity index (χ2n) is 6.30. The van der Waals surface area contributed by atoms with Crippen molar-refractivity contribution in [2.45, 2.75) is 38.5 Å². The van der Waals surface area contributed by atoms with Crippen LogP contribution in [0, 0.1) is 20.2 Å². The number of nitro groups is 2. The zero-order valence-electron chi connectivity index (χ0n) is 16.1. The highest BCUT2D eigenvalue weighted by atomic mass is 16.6. The first-order chi connectivity index (χ1) is 14.2. The van der Waals surface area contributed by atoms with Crippen LogP contribution >= 0.6 is 0 Å². The molecule has 0 atom stereocenters. The Morgan fingerprint density at radius 3 is 1.80 bits per heavy atom. The fourth-order valence-electron chi connectivity index (χ4n) is 2.56. The molecule has 30 heavy (non-hydrogen) atoms. The predicted octanol–water partition coefficient (Wildman–Crippen LogP) is 4.00. The van der Waals surface area contributed by atoms with E-state index in [9.17, 15) is 29.8 Å². The normalized spacial score (nSPS) is 9.87. The van der Waals surface area contributed by atoms with E-state index in [0.29, 0.717) is 31.2 Å². The van der Waals surface area contributed by atoms with E-state index < -0.39 is 21.8 Å². The van der Waals surface area contributed by atoms with Gasteiger partial charge in [-0.1, -0.05) is 30.3 Å². The molecule has 0 saturated carbocycles. The maximum absolute atomic E-state index is 10.6. The van der Waals surface area contributed by atoms with Crippen LogP contribution in [0.3, 0.4) is 0 Å². The molecule has 160 valence electrons. The number of para-hydroxylation sites is 1. The zero-order valence-corrected chi connectivity index (χ0v) is 16.1. The fraction of sp³-hybridized carbons (Fsp3) is 0.300. The fourth-order valence-corrected chi connectivity index (χ4v) is 2.56. The molecule has 0 aliphatic heterocycles. The lowest BCUT2D eigenvalue weighted by atomic mass is 10.1. The van der Waals surface area contributed by atoms with Crippen molar-refractivity contribution in [2.75, 3.05) is 0 Å². The predicted molar refractivity (Wildman–Crippen MR) is 107 cm³/mol. The van der Waals surface area contributed by atoms with E-state index in [-0.39, 0.29) is 24.2 Å². The van der Waals surface area contributed by atoms with Crippen LogP contribution in [0.1, 0.15) is 36.8 Å². The van der Waals surface area contributed by atoms with Gasteiger partial charge in [-0.3, -0.25) is 29.8 Å². The van der Waals surface area contributed by atoms with Crippen molar-refractivity contribution in [3.05, 3.63) is 79.9 Å².